The summed E-state index contributed by atoms with van der Waals surface area (Å²) in [7, 11) is 0. The van der Waals surface area contributed by atoms with Crippen LogP contribution in [0.2, 0.25) is 0 Å². The van der Waals surface area contributed by atoms with E-state index < -0.39 is 0 Å². The highest BCUT2D eigenvalue weighted by molar-refractivity contribution is 5.82. The number of hydrogen-bond donors (Lipinski definition) is 1. The smallest absolute Gasteiger partial charge is 0.136 e. The first-order valence-corrected chi connectivity index (χ1v) is 6.51. The Morgan fingerprint density at radius 2 is 1.31 bits per heavy atom. The van der Waals surface area contributed by atoms with Gasteiger partial charge in [-0.1, -0.05) is 27.7 Å². The summed E-state index contributed by atoms with van der Waals surface area (Å²) < 4.78 is 0. The van der Waals surface area contributed by atoms with Gasteiger partial charge in [-0.25, -0.2) is 0 Å². The van der Waals surface area contributed by atoms with Crippen LogP contribution < -0.4 is 0 Å². The summed E-state index contributed by atoms with van der Waals surface area (Å²) in [6, 6.07) is 0. The molecule has 0 unspecified atom stereocenters. The predicted molar refractivity (Wildman–Crippen MR) is 64.5 cm³/mol. The molecule has 1 fully saturated rings. The van der Waals surface area contributed by atoms with Crippen LogP contribution in [0.4, 0.5) is 0 Å². The van der Waals surface area contributed by atoms with Crippen LogP contribution in [0.25, 0.3) is 0 Å². The number of hydrogen-bond acceptors (Lipinski definition) is 3. The Kier molecular flexibility index (Phi) is 4.13. The van der Waals surface area contributed by atoms with E-state index in [0.717, 1.165) is 25.7 Å². The van der Waals surface area contributed by atoms with Crippen LogP contribution in [-0.4, -0.2) is 27.1 Å². The van der Waals surface area contributed by atoms with Gasteiger partial charge in [0.05, 0.1) is 11.1 Å². The fourth-order valence-corrected chi connectivity index (χ4v) is 3.05. The molecule has 0 atom stereocenters. The van der Waals surface area contributed by atoms with Gasteiger partial charge < -0.3 is 5.21 Å². The van der Waals surface area contributed by atoms with Gasteiger partial charge in [-0.2, -0.15) is 5.06 Å². The molecule has 16 heavy (non-hydrogen) atoms. The maximum atomic E-state index is 11.9. The third-order valence-electron chi connectivity index (χ3n) is 4.58. The highest BCUT2D eigenvalue weighted by Crippen LogP contribution is 2.42. The van der Waals surface area contributed by atoms with Crippen molar-refractivity contribution in [3.63, 3.8) is 0 Å². The molecule has 0 amide bonds. The first-order valence-electron chi connectivity index (χ1n) is 6.51. The number of nitrogens with zero attached hydrogens (tertiary/aromatic N) is 1. The molecular weight excluding hydrogens is 202 g/mol. The van der Waals surface area contributed by atoms with Crippen LogP contribution >= 0.6 is 0 Å². The van der Waals surface area contributed by atoms with Gasteiger partial charge >= 0.3 is 0 Å². The molecule has 0 aromatic carbocycles. The minimum Gasteiger partial charge on any atom is -0.313 e. The van der Waals surface area contributed by atoms with Gasteiger partial charge in [0.25, 0.3) is 0 Å². The molecule has 1 heterocycles. The Morgan fingerprint density at radius 3 is 1.56 bits per heavy atom. The van der Waals surface area contributed by atoms with Crippen LogP contribution in [0.1, 0.15) is 66.2 Å². The topological polar surface area (TPSA) is 40.5 Å². The van der Waals surface area contributed by atoms with Crippen LogP contribution in [0.15, 0.2) is 0 Å². The van der Waals surface area contributed by atoms with Gasteiger partial charge in [0.1, 0.15) is 5.78 Å². The second-order valence-electron chi connectivity index (χ2n) is 5.07. The molecule has 1 aliphatic rings. The minimum absolute atomic E-state index is 0.303. The van der Waals surface area contributed by atoms with E-state index in [0.29, 0.717) is 18.6 Å². The van der Waals surface area contributed by atoms with Gasteiger partial charge in [-0.3, -0.25) is 4.79 Å². The van der Waals surface area contributed by atoms with Crippen molar-refractivity contribution >= 4 is 5.78 Å². The zero-order valence-corrected chi connectivity index (χ0v) is 11.0. The number of rotatable bonds is 4. The Bertz CT molecular complexity index is 231. The summed E-state index contributed by atoms with van der Waals surface area (Å²) in [5.74, 6) is 0.303. The van der Waals surface area contributed by atoms with Crippen LogP contribution in [0.3, 0.4) is 0 Å². The third-order valence-corrected chi connectivity index (χ3v) is 4.58. The van der Waals surface area contributed by atoms with Crippen molar-refractivity contribution in [2.24, 2.45) is 0 Å². The van der Waals surface area contributed by atoms with Crippen molar-refractivity contribution in [1.29, 1.82) is 0 Å². The SMILES string of the molecule is CCC1(CC)CC(=O)CC(CC)(CC)N1O. The van der Waals surface area contributed by atoms with Crippen molar-refractivity contribution in [2.45, 2.75) is 77.3 Å². The first kappa shape index (κ1) is 13.7. The minimum atomic E-state index is -0.332. The van der Waals surface area contributed by atoms with Crippen LogP contribution in [-0.2, 0) is 4.79 Å². The molecule has 0 aromatic heterocycles. The molecule has 1 aliphatic heterocycles. The lowest BCUT2D eigenvalue weighted by Gasteiger charge is -2.53. The van der Waals surface area contributed by atoms with E-state index in [1.165, 1.54) is 5.06 Å². The van der Waals surface area contributed by atoms with Gasteiger partial charge in [0.2, 0.25) is 0 Å². The number of hydroxylamine groups is 2. The first-order chi connectivity index (χ1) is 7.50. The lowest BCUT2D eigenvalue weighted by molar-refractivity contribution is -0.260. The van der Waals surface area contributed by atoms with E-state index >= 15 is 0 Å². The van der Waals surface area contributed by atoms with Crippen molar-refractivity contribution in [3.05, 3.63) is 0 Å². The number of Topliss-reactive ketones (excluding diaryl/α,β-unsaturated/α-hetero) is 1. The summed E-state index contributed by atoms with van der Waals surface area (Å²) >= 11 is 0. The van der Waals surface area contributed by atoms with Crippen molar-refractivity contribution in [2.75, 3.05) is 0 Å². The Labute approximate surface area is 98.8 Å². The molecule has 0 saturated carbocycles. The molecule has 1 rings (SSSR count). The lowest BCUT2D eigenvalue weighted by Crippen LogP contribution is -2.63. The molecular formula is C13H25NO2. The van der Waals surface area contributed by atoms with E-state index in [4.69, 9.17) is 0 Å². The maximum absolute atomic E-state index is 11.9. The predicted octanol–water partition coefficient (Wildman–Crippen LogP) is 3.16. The molecule has 0 radical (unpaired) electrons. The van der Waals surface area contributed by atoms with Gasteiger partial charge in [0.15, 0.2) is 0 Å². The summed E-state index contributed by atoms with van der Waals surface area (Å²) in [5, 5.41) is 12.1. The van der Waals surface area contributed by atoms with E-state index in [9.17, 15) is 10.0 Å². The van der Waals surface area contributed by atoms with Crippen LogP contribution in [0.5, 0.6) is 0 Å². The normalized spacial score (nSPS) is 24.7. The number of carbonyl (C=O) groups excluding carboxylic acids is 1. The molecule has 1 N–H and O–H groups in total. The molecule has 0 aliphatic carbocycles. The largest absolute Gasteiger partial charge is 0.313 e. The van der Waals surface area contributed by atoms with Gasteiger partial charge in [0, 0.05) is 12.8 Å². The van der Waals surface area contributed by atoms with Gasteiger partial charge in [-0.05, 0) is 25.7 Å². The molecule has 0 bridgehead atoms. The molecule has 0 aromatic rings. The monoisotopic (exact) mass is 227 g/mol. The zero-order chi connectivity index (χ0) is 12.4. The highest BCUT2D eigenvalue weighted by Gasteiger charge is 2.50. The summed E-state index contributed by atoms with van der Waals surface area (Å²) in [5.41, 5.74) is -0.664. The number of piperidine rings is 1. The average Bonchev–Trinajstić information content (AvgIpc) is 2.32. The highest BCUT2D eigenvalue weighted by atomic mass is 16.5. The maximum Gasteiger partial charge on any atom is 0.136 e. The standard InChI is InChI=1S/C13H25NO2/c1-5-12(6-2)9-11(15)10-13(7-3,8-4)14(12)16/h16H,5-10H2,1-4H3. The molecule has 3 heteroatoms. The lowest BCUT2D eigenvalue weighted by atomic mass is 9.72. The van der Waals surface area contributed by atoms with E-state index in [2.05, 4.69) is 27.7 Å². The zero-order valence-electron chi connectivity index (χ0n) is 11.0. The Morgan fingerprint density at radius 1 is 1.00 bits per heavy atom. The third kappa shape index (κ3) is 1.91. The Balaban J connectivity index is 3.11. The quantitative estimate of drug-likeness (QED) is 0.802. The van der Waals surface area contributed by atoms with Crippen molar-refractivity contribution in [3.8, 4) is 0 Å². The molecule has 3 nitrogen and oxygen atoms in total. The fraction of sp³-hybridized carbons (Fsp3) is 0.923. The second kappa shape index (κ2) is 4.84. The summed E-state index contributed by atoms with van der Waals surface area (Å²) in [6.07, 6.45) is 4.30. The Hall–Kier alpha value is -0.410. The second-order valence-corrected chi connectivity index (χ2v) is 5.07. The van der Waals surface area contributed by atoms with Gasteiger partial charge in [-0.15, -0.1) is 0 Å². The molecule has 94 valence electrons. The van der Waals surface area contributed by atoms with E-state index in [1.54, 1.807) is 0 Å². The summed E-state index contributed by atoms with van der Waals surface area (Å²) in [4.78, 5) is 11.9. The van der Waals surface area contributed by atoms with Crippen molar-refractivity contribution < 1.29 is 10.0 Å². The molecule has 1 saturated heterocycles. The fourth-order valence-electron chi connectivity index (χ4n) is 3.05. The number of ketones is 1. The van der Waals surface area contributed by atoms with E-state index in [-0.39, 0.29) is 11.1 Å². The number of carbonyl (C=O) groups is 1. The summed E-state index contributed by atoms with van der Waals surface area (Å²) in [6.45, 7) is 8.23. The average molecular weight is 227 g/mol. The molecule has 0 spiro atoms. The van der Waals surface area contributed by atoms with Crippen molar-refractivity contribution in [1.82, 2.24) is 5.06 Å². The van der Waals surface area contributed by atoms with Crippen LogP contribution in [0, 0.1) is 0 Å². The van der Waals surface area contributed by atoms with E-state index in [1.807, 2.05) is 0 Å².